The number of terminal acetylenes is 1. The van der Waals surface area contributed by atoms with Gasteiger partial charge >= 0.3 is 6.01 Å². The number of β-amino-alcohol motifs (C(OH)–C–C–N with tert-alkyl or cyclic N) is 1. The van der Waals surface area contributed by atoms with Crippen LogP contribution in [0.4, 0.5) is 23.4 Å². The number of hydrogen-bond acceptors (Lipinski definition) is 15. The molecule has 5 aliphatic heterocycles. The highest BCUT2D eigenvalue weighted by Gasteiger charge is 2.43. The maximum Gasteiger partial charge on any atom is 0.319 e. The highest BCUT2D eigenvalue weighted by molar-refractivity contribution is 6.05. The summed E-state index contributed by atoms with van der Waals surface area (Å²) in [4.78, 5) is 47.4. The van der Waals surface area contributed by atoms with Crippen LogP contribution in [0.3, 0.4) is 0 Å². The minimum atomic E-state index is -1.35. The molecule has 0 radical (unpaired) electrons. The fraction of sp³-hybridized carbons (Fsp3) is 0.359. The monoisotopic (exact) mass is 1170 g/mol. The number of aliphatic hydroxyl groups excluding tert-OH is 2. The van der Waals surface area contributed by atoms with Gasteiger partial charge in [-0.3, -0.25) is 14.6 Å². The Labute approximate surface area is 492 Å². The number of amides is 2. The predicted octanol–water partition coefficient (Wildman–Crippen LogP) is 8.49. The lowest BCUT2D eigenvalue weighted by atomic mass is 9.95. The summed E-state index contributed by atoms with van der Waals surface area (Å²) in [7, 11) is 0. The molecule has 0 saturated carbocycles. The first-order valence-electron chi connectivity index (χ1n) is 28.8. The van der Waals surface area contributed by atoms with Crippen LogP contribution in [0.2, 0.25) is 0 Å². The zero-order valence-electron chi connectivity index (χ0n) is 47.1. The third-order valence-electron chi connectivity index (χ3n) is 16.7. The van der Waals surface area contributed by atoms with E-state index in [2.05, 4.69) is 31.8 Å². The van der Waals surface area contributed by atoms with E-state index >= 15 is 4.39 Å². The van der Waals surface area contributed by atoms with Crippen LogP contribution in [-0.2, 0) is 20.9 Å². The molecule has 8 aromatic rings. The van der Waals surface area contributed by atoms with E-state index in [-0.39, 0.29) is 78.0 Å². The maximum absolute atomic E-state index is 15.6. The van der Waals surface area contributed by atoms with Crippen LogP contribution in [0.5, 0.6) is 17.5 Å². The van der Waals surface area contributed by atoms with E-state index in [0.29, 0.717) is 94.1 Å². The number of hydrogen-bond donors (Lipinski definition) is 5. The molecule has 86 heavy (non-hydrogen) atoms. The van der Waals surface area contributed by atoms with Crippen molar-refractivity contribution in [3.8, 4) is 63.5 Å². The number of pyridine rings is 1. The van der Waals surface area contributed by atoms with Crippen molar-refractivity contribution in [2.24, 2.45) is 5.92 Å². The fourth-order valence-electron chi connectivity index (χ4n) is 12.3. The van der Waals surface area contributed by atoms with E-state index in [9.17, 15) is 38.1 Å². The molecule has 5 aliphatic rings. The summed E-state index contributed by atoms with van der Waals surface area (Å²) in [5.41, 5.74) is 2.58. The Hall–Kier alpha value is -8.75. The van der Waals surface area contributed by atoms with Gasteiger partial charge in [-0.25, -0.2) is 22.2 Å². The molecule has 0 aliphatic carbocycles. The average molecular weight is 1180 g/mol. The van der Waals surface area contributed by atoms with Gasteiger partial charge in [0.1, 0.15) is 64.9 Å². The number of aromatic nitrogens is 6. The van der Waals surface area contributed by atoms with E-state index in [1.165, 1.54) is 52.0 Å². The first-order chi connectivity index (χ1) is 41.6. The number of likely N-dealkylation sites (tertiary alicyclic amines) is 1. The lowest BCUT2D eigenvalue weighted by Crippen LogP contribution is -2.54. The first kappa shape index (κ1) is 57.7. The summed E-state index contributed by atoms with van der Waals surface area (Å²) in [5.74, 6) is -2.40. The summed E-state index contributed by atoms with van der Waals surface area (Å²) >= 11 is 0. The summed E-state index contributed by atoms with van der Waals surface area (Å²) < 4.78 is 79.3. The van der Waals surface area contributed by atoms with Crippen molar-refractivity contribution in [3.63, 3.8) is 0 Å². The van der Waals surface area contributed by atoms with Crippen LogP contribution < -0.4 is 25.0 Å². The Morgan fingerprint density at radius 1 is 0.919 bits per heavy atom. The molecule has 8 heterocycles. The molecule has 5 fully saturated rings. The van der Waals surface area contributed by atoms with Gasteiger partial charge in [0.05, 0.1) is 54.7 Å². The lowest BCUT2D eigenvalue weighted by Gasteiger charge is -2.39. The van der Waals surface area contributed by atoms with Crippen molar-refractivity contribution in [1.82, 2.24) is 45.5 Å². The predicted molar refractivity (Wildman–Crippen MR) is 311 cm³/mol. The molecule has 22 heteroatoms. The normalized spacial score (nSPS) is 19.6. The molecule has 0 spiro atoms. The summed E-state index contributed by atoms with van der Waals surface area (Å²) in [6, 6.07) is 17.7. The van der Waals surface area contributed by atoms with Crippen LogP contribution in [0.25, 0.3) is 55.3 Å². The summed E-state index contributed by atoms with van der Waals surface area (Å²) in [6.45, 7) is 5.43. The SMILES string of the molecule is C#Cc1c(F)ccc2cc(O)cc(-c3ncc4c(N5CC6CCCC5CN6)nc(OC5CCOCC5)nc4c3OCc3ccc(-c4cn([C@H](C(=O)N5C[C@H](O)C[C@H]5C(=O)N[C@@H](CO)c5ccc(-c6c(F)ccc(F)c6F)cc5)C(C)C)nn4)cc3)c12. The van der Waals surface area contributed by atoms with Gasteiger partial charge in [0.25, 0.3) is 0 Å². The van der Waals surface area contributed by atoms with E-state index in [4.69, 9.17) is 35.6 Å². The molecule has 18 nitrogen and oxygen atoms in total. The molecule has 5 N–H and O–H groups in total. The molecule has 13 rings (SSSR count). The van der Waals surface area contributed by atoms with Gasteiger partial charge < -0.3 is 50.0 Å². The van der Waals surface area contributed by atoms with Gasteiger partial charge in [-0.1, -0.05) is 79.6 Å². The number of anilines is 1. The van der Waals surface area contributed by atoms with Gasteiger partial charge in [0.2, 0.25) is 11.8 Å². The number of phenols is 1. The van der Waals surface area contributed by atoms with Crippen molar-refractivity contribution >= 4 is 39.3 Å². The van der Waals surface area contributed by atoms with Crippen LogP contribution >= 0.6 is 0 Å². The van der Waals surface area contributed by atoms with E-state index in [1.54, 1.807) is 18.5 Å². The third-order valence-corrected chi connectivity index (χ3v) is 16.7. The van der Waals surface area contributed by atoms with Crippen LogP contribution in [-0.4, -0.2) is 132 Å². The number of halogens is 4. The number of phenolic OH excluding ortho intramolecular Hbond substituents is 1. The number of rotatable bonds is 16. The number of aliphatic hydroxyl groups is 2. The number of piperazine rings is 1. The number of aromatic hydroxyl groups is 1. The number of nitrogens with one attached hydrogen (secondary N) is 2. The molecule has 5 aromatic carbocycles. The van der Waals surface area contributed by atoms with Gasteiger partial charge in [-0.15, -0.1) is 11.5 Å². The second kappa shape index (κ2) is 24.3. The average Bonchev–Trinajstić information content (AvgIpc) is 1.04. The molecule has 2 unspecified atom stereocenters. The van der Waals surface area contributed by atoms with E-state index < -0.39 is 71.5 Å². The van der Waals surface area contributed by atoms with Crippen LogP contribution in [0.1, 0.15) is 81.1 Å². The second-order valence-electron chi connectivity index (χ2n) is 22.7. The van der Waals surface area contributed by atoms with Gasteiger partial charge in [-0.2, -0.15) is 9.97 Å². The smallest absolute Gasteiger partial charge is 0.319 e. The minimum Gasteiger partial charge on any atom is -0.508 e. The second-order valence-corrected chi connectivity index (χ2v) is 22.7. The molecule has 5 saturated heterocycles. The summed E-state index contributed by atoms with van der Waals surface area (Å²) in [5, 5.41) is 49.2. The van der Waals surface area contributed by atoms with Crippen molar-refractivity contribution < 1.29 is 56.7 Å². The number of nitrogens with zero attached hydrogens (tertiary/aromatic N) is 8. The fourth-order valence-corrected chi connectivity index (χ4v) is 12.3. The number of carbonyl (C=O) groups is 2. The van der Waals surface area contributed by atoms with Crippen LogP contribution in [0, 0.1) is 41.5 Å². The Kier molecular flexibility index (Phi) is 16.3. The number of ether oxygens (including phenoxy) is 3. The molecule has 444 valence electrons. The Morgan fingerprint density at radius 2 is 1.67 bits per heavy atom. The van der Waals surface area contributed by atoms with E-state index in [1.807, 2.05) is 38.1 Å². The molecular weight excluding hydrogens is 1110 g/mol. The molecular formula is C64H62F4N10O8. The van der Waals surface area contributed by atoms with E-state index in [0.717, 1.165) is 31.9 Å². The van der Waals surface area contributed by atoms with Gasteiger partial charge in [-0.05, 0) is 77.6 Å². The first-order valence-corrected chi connectivity index (χ1v) is 28.8. The topological polar surface area (TPSA) is 222 Å². The minimum absolute atomic E-state index is 0.0102. The van der Waals surface area contributed by atoms with Crippen molar-refractivity contribution in [3.05, 3.63) is 137 Å². The lowest BCUT2D eigenvalue weighted by molar-refractivity contribution is -0.142. The standard InChI is InChI=1S/C64H62F4N10O8/c1-4-45-48(65)17-16-39-24-42(80)25-46(54(39)45)57-60(58-47(28-70-57)61(76-29-40-6-5-7-41(76)27-69-40)73-64(72-58)86-44-20-22-84-23-21-44)85-33-35-8-10-36(11-9-35)51-31-78(75-74-51)59(34(2)3)63(83)77-30-43(81)26-53(77)62(82)71-52(32-79)37-12-14-38(15-13-37)55-49(66)18-19-50(67)56(55)68/h1,8-19,24-25,28,31,34,40-41,43-44,52-53,59,69,79-81H,5-7,20-23,26-27,29-30,32-33H2,2-3H3,(H,71,82)/t40?,41?,43-,52+,53+,59+/m1/s1. The van der Waals surface area contributed by atoms with Crippen molar-refractivity contribution in [2.45, 2.75) is 101 Å². The number of benzene rings is 5. The number of fused-ring (bicyclic) bond motifs is 6. The number of carbonyl (C=O) groups excluding carboxylic acids is 2. The Morgan fingerprint density at radius 3 is 2.43 bits per heavy atom. The van der Waals surface area contributed by atoms with Crippen molar-refractivity contribution in [1.29, 1.82) is 0 Å². The molecule has 3 aromatic heterocycles. The Balaban J connectivity index is 0.819. The largest absolute Gasteiger partial charge is 0.508 e. The highest BCUT2D eigenvalue weighted by atomic mass is 19.2. The Bertz CT molecular complexity index is 3910. The summed E-state index contributed by atoms with van der Waals surface area (Å²) in [6.07, 6.45) is 12.3. The van der Waals surface area contributed by atoms with Crippen LogP contribution in [0.15, 0.2) is 97.3 Å². The quantitative estimate of drug-likeness (QED) is 0.0348. The molecule has 2 bridgehead atoms. The maximum atomic E-state index is 15.6. The van der Waals surface area contributed by atoms with Crippen molar-refractivity contribution in [2.75, 3.05) is 44.4 Å². The van der Waals surface area contributed by atoms with Gasteiger partial charge in [0.15, 0.2) is 17.4 Å². The molecule has 6 atom stereocenters. The zero-order chi connectivity index (χ0) is 59.9. The highest BCUT2D eigenvalue weighted by Crippen LogP contribution is 2.45. The molecule has 2 amide bonds. The third kappa shape index (κ3) is 11.3. The zero-order valence-corrected chi connectivity index (χ0v) is 47.1. The van der Waals surface area contributed by atoms with Gasteiger partial charge in [0, 0.05) is 73.7 Å².